The van der Waals surface area contributed by atoms with Crippen molar-refractivity contribution in [3.63, 3.8) is 0 Å². The van der Waals surface area contributed by atoms with Crippen molar-refractivity contribution < 1.29 is 4.79 Å². The number of nitrogens with one attached hydrogen (secondary N) is 1. The van der Waals surface area contributed by atoms with E-state index in [1.54, 1.807) is 11.8 Å². The summed E-state index contributed by atoms with van der Waals surface area (Å²) in [5.74, 6) is 0.912. The molecule has 94 valence electrons. The molecule has 2 rings (SSSR count). The third-order valence-corrected chi connectivity index (χ3v) is 4.30. The first-order valence-electron chi connectivity index (χ1n) is 5.77. The summed E-state index contributed by atoms with van der Waals surface area (Å²) in [4.78, 5) is 13.7. The minimum atomic E-state index is 0.0227. The Labute approximate surface area is 115 Å². The quantitative estimate of drug-likeness (QED) is 0.668. The molecule has 1 aromatic heterocycles. The van der Waals surface area contributed by atoms with E-state index in [1.807, 2.05) is 17.5 Å². The molecule has 0 aliphatic heterocycles. The van der Waals surface area contributed by atoms with E-state index in [4.69, 9.17) is 0 Å². The average molecular weight is 277 g/mol. The lowest BCUT2D eigenvalue weighted by atomic mass is 10.2. The Morgan fingerprint density at radius 2 is 2.06 bits per heavy atom. The number of thioether (sulfide) groups is 1. The number of thiophene rings is 1. The van der Waals surface area contributed by atoms with Gasteiger partial charge in [-0.25, -0.2) is 0 Å². The maximum atomic E-state index is 11.7. The van der Waals surface area contributed by atoms with Crippen LogP contribution in [0.3, 0.4) is 0 Å². The summed E-state index contributed by atoms with van der Waals surface area (Å²) < 4.78 is 0. The number of rotatable bonds is 5. The highest BCUT2D eigenvalue weighted by atomic mass is 32.2. The molecule has 4 heteroatoms. The van der Waals surface area contributed by atoms with E-state index in [1.165, 1.54) is 21.8 Å². The van der Waals surface area contributed by atoms with Gasteiger partial charge in [0.25, 0.3) is 5.91 Å². The Morgan fingerprint density at radius 1 is 1.28 bits per heavy atom. The van der Waals surface area contributed by atoms with E-state index in [9.17, 15) is 4.79 Å². The Hall–Kier alpha value is -1.26. The average Bonchev–Trinajstić information content (AvgIpc) is 2.90. The molecule has 2 nitrogen and oxygen atoms in total. The van der Waals surface area contributed by atoms with Crippen molar-refractivity contribution in [2.75, 3.05) is 12.3 Å². The summed E-state index contributed by atoms with van der Waals surface area (Å²) in [5, 5.41) is 4.83. The maximum absolute atomic E-state index is 11.7. The summed E-state index contributed by atoms with van der Waals surface area (Å²) in [5.41, 5.74) is 1.27. The number of carbonyl (C=O) groups excluding carboxylic acids is 1. The van der Waals surface area contributed by atoms with Gasteiger partial charge in [0, 0.05) is 17.2 Å². The molecule has 18 heavy (non-hydrogen) atoms. The van der Waals surface area contributed by atoms with Gasteiger partial charge >= 0.3 is 0 Å². The monoisotopic (exact) mass is 277 g/mol. The minimum absolute atomic E-state index is 0.0227. The normalized spacial score (nSPS) is 10.3. The van der Waals surface area contributed by atoms with E-state index in [0.29, 0.717) is 6.54 Å². The SMILES string of the molecule is Cc1ccc(SCCNC(=O)c2cccs2)cc1. The predicted octanol–water partition coefficient (Wildman–Crippen LogP) is 3.58. The second-order valence-electron chi connectivity index (χ2n) is 3.89. The van der Waals surface area contributed by atoms with Crippen LogP contribution in [0.15, 0.2) is 46.7 Å². The number of benzene rings is 1. The molecule has 0 aliphatic rings. The highest BCUT2D eigenvalue weighted by molar-refractivity contribution is 7.99. The van der Waals surface area contributed by atoms with Crippen LogP contribution in [-0.2, 0) is 0 Å². The molecule has 0 atom stereocenters. The zero-order chi connectivity index (χ0) is 12.8. The van der Waals surface area contributed by atoms with Gasteiger partial charge in [0.15, 0.2) is 0 Å². The third kappa shape index (κ3) is 3.89. The van der Waals surface area contributed by atoms with Crippen LogP contribution in [0.1, 0.15) is 15.2 Å². The van der Waals surface area contributed by atoms with Crippen LogP contribution in [-0.4, -0.2) is 18.2 Å². The van der Waals surface area contributed by atoms with Gasteiger partial charge in [0.2, 0.25) is 0 Å². The fraction of sp³-hybridized carbons (Fsp3) is 0.214. The fourth-order valence-electron chi connectivity index (χ4n) is 1.46. The molecule has 0 bridgehead atoms. The molecule has 2 aromatic rings. The predicted molar refractivity (Wildman–Crippen MR) is 78.6 cm³/mol. The van der Waals surface area contributed by atoms with Crippen LogP contribution in [0.4, 0.5) is 0 Å². The molecular formula is C14H15NOS2. The molecular weight excluding hydrogens is 262 g/mol. The van der Waals surface area contributed by atoms with Crippen LogP contribution in [0, 0.1) is 6.92 Å². The van der Waals surface area contributed by atoms with Gasteiger partial charge in [-0.15, -0.1) is 23.1 Å². The van der Waals surface area contributed by atoms with Gasteiger partial charge in [0.1, 0.15) is 0 Å². The molecule has 0 fully saturated rings. The molecule has 1 heterocycles. The highest BCUT2D eigenvalue weighted by Gasteiger charge is 2.04. The Bertz CT molecular complexity index is 491. The van der Waals surface area contributed by atoms with Crippen LogP contribution in [0.25, 0.3) is 0 Å². The summed E-state index contributed by atoms with van der Waals surface area (Å²) >= 11 is 3.23. The van der Waals surface area contributed by atoms with E-state index >= 15 is 0 Å². The lowest BCUT2D eigenvalue weighted by Gasteiger charge is -2.04. The highest BCUT2D eigenvalue weighted by Crippen LogP contribution is 2.17. The van der Waals surface area contributed by atoms with Crippen LogP contribution in [0.2, 0.25) is 0 Å². The number of amides is 1. The van der Waals surface area contributed by atoms with Gasteiger partial charge < -0.3 is 5.32 Å². The molecule has 0 saturated heterocycles. The van der Waals surface area contributed by atoms with Crippen LogP contribution < -0.4 is 5.32 Å². The zero-order valence-corrected chi connectivity index (χ0v) is 11.8. The lowest BCUT2D eigenvalue weighted by molar-refractivity contribution is 0.0960. The second-order valence-corrected chi connectivity index (χ2v) is 6.01. The van der Waals surface area contributed by atoms with E-state index < -0.39 is 0 Å². The van der Waals surface area contributed by atoms with Crippen molar-refractivity contribution in [3.05, 3.63) is 52.2 Å². The van der Waals surface area contributed by atoms with Gasteiger partial charge in [-0.3, -0.25) is 4.79 Å². The largest absolute Gasteiger partial charge is 0.350 e. The van der Waals surface area contributed by atoms with Crippen molar-refractivity contribution in [3.8, 4) is 0 Å². The van der Waals surface area contributed by atoms with Crippen LogP contribution in [0.5, 0.6) is 0 Å². The number of carbonyl (C=O) groups is 1. The van der Waals surface area contributed by atoms with E-state index in [-0.39, 0.29) is 5.91 Å². The molecule has 1 N–H and O–H groups in total. The standard InChI is InChI=1S/C14H15NOS2/c1-11-4-6-12(7-5-11)17-10-8-15-14(16)13-3-2-9-18-13/h2-7,9H,8,10H2,1H3,(H,15,16). The minimum Gasteiger partial charge on any atom is -0.350 e. The van der Waals surface area contributed by atoms with Gasteiger partial charge in [-0.05, 0) is 30.5 Å². The Kier molecular flexibility index (Phi) is 4.84. The number of hydrogen-bond acceptors (Lipinski definition) is 3. The van der Waals surface area contributed by atoms with Crippen molar-refractivity contribution in [2.45, 2.75) is 11.8 Å². The Morgan fingerprint density at radius 3 is 2.72 bits per heavy atom. The molecule has 0 spiro atoms. The van der Waals surface area contributed by atoms with Crippen molar-refractivity contribution in [1.29, 1.82) is 0 Å². The first-order chi connectivity index (χ1) is 8.75. The topological polar surface area (TPSA) is 29.1 Å². The summed E-state index contributed by atoms with van der Waals surface area (Å²) in [6, 6.07) is 12.2. The first-order valence-corrected chi connectivity index (χ1v) is 7.63. The van der Waals surface area contributed by atoms with Crippen LogP contribution >= 0.6 is 23.1 Å². The van der Waals surface area contributed by atoms with E-state index in [2.05, 4.69) is 36.5 Å². The van der Waals surface area contributed by atoms with Gasteiger partial charge in [-0.2, -0.15) is 0 Å². The molecule has 0 unspecified atom stereocenters. The lowest BCUT2D eigenvalue weighted by Crippen LogP contribution is -2.24. The van der Waals surface area contributed by atoms with E-state index in [0.717, 1.165) is 10.6 Å². The summed E-state index contributed by atoms with van der Waals surface area (Å²) in [6.07, 6.45) is 0. The fourth-order valence-corrected chi connectivity index (χ4v) is 2.87. The Balaban J connectivity index is 1.70. The summed E-state index contributed by atoms with van der Waals surface area (Å²) in [7, 11) is 0. The maximum Gasteiger partial charge on any atom is 0.261 e. The second kappa shape index (κ2) is 6.61. The molecule has 1 amide bonds. The zero-order valence-electron chi connectivity index (χ0n) is 10.2. The number of aryl methyl sites for hydroxylation is 1. The summed E-state index contributed by atoms with van der Waals surface area (Å²) in [6.45, 7) is 2.77. The number of hydrogen-bond donors (Lipinski definition) is 1. The third-order valence-electron chi connectivity index (χ3n) is 2.42. The van der Waals surface area contributed by atoms with Crippen molar-refractivity contribution in [2.24, 2.45) is 0 Å². The molecule has 0 radical (unpaired) electrons. The van der Waals surface area contributed by atoms with Gasteiger partial charge in [-0.1, -0.05) is 23.8 Å². The molecule has 1 aromatic carbocycles. The van der Waals surface area contributed by atoms with Gasteiger partial charge in [0.05, 0.1) is 4.88 Å². The molecule has 0 aliphatic carbocycles. The van der Waals surface area contributed by atoms with Crippen molar-refractivity contribution in [1.82, 2.24) is 5.32 Å². The smallest absolute Gasteiger partial charge is 0.261 e. The van der Waals surface area contributed by atoms with Crippen molar-refractivity contribution >= 4 is 29.0 Å². The first kappa shape index (κ1) is 13.2. The molecule has 0 saturated carbocycles.